The first-order valence-corrected chi connectivity index (χ1v) is 8.68. The Morgan fingerprint density at radius 1 is 1.26 bits per heavy atom. The van der Waals surface area contributed by atoms with Crippen molar-refractivity contribution in [2.45, 2.75) is 30.9 Å². The second kappa shape index (κ2) is 6.05. The number of aryl methyl sites for hydroxylation is 2. The fraction of sp³-hybridized carbons (Fsp3) is 0.250. The number of aromatic amines is 1. The van der Waals surface area contributed by atoms with Crippen LogP contribution in [0.2, 0.25) is 0 Å². The van der Waals surface area contributed by atoms with Crippen LogP contribution in [0.15, 0.2) is 27.9 Å². The molecule has 23 heavy (non-hydrogen) atoms. The molecule has 0 amide bonds. The van der Waals surface area contributed by atoms with Gasteiger partial charge in [0.25, 0.3) is 5.56 Å². The SMILES string of the molecule is Cc1sc2nc([C@H](C)Sc3ccc(F)c(F)c3)[nH]c(=O)c2c1C. The van der Waals surface area contributed by atoms with E-state index < -0.39 is 11.6 Å². The third-order valence-corrected chi connectivity index (χ3v) is 5.85. The van der Waals surface area contributed by atoms with Gasteiger partial charge >= 0.3 is 0 Å². The number of fused-ring (bicyclic) bond motifs is 1. The van der Waals surface area contributed by atoms with E-state index in [4.69, 9.17) is 0 Å². The summed E-state index contributed by atoms with van der Waals surface area (Å²) in [6, 6.07) is 3.75. The van der Waals surface area contributed by atoms with Crippen LogP contribution >= 0.6 is 23.1 Å². The van der Waals surface area contributed by atoms with Gasteiger partial charge in [0, 0.05) is 9.77 Å². The summed E-state index contributed by atoms with van der Waals surface area (Å²) >= 11 is 2.80. The van der Waals surface area contributed by atoms with E-state index in [0.29, 0.717) is 20.9 Å². The van der Waals surface area contributed by atoms with Crippen molar-refractivity contribution < 1.29 is 8.78 Å². The van der Waals surface area contributed by atoms with Crippen molar-refractivity contribution in [1.82, 2.24) is 9.97 Å². The van der Waals surface area contributed by atoms with Crippen molar-refractivity contribution in [3.63, 3.8) is 0 Å². The van der Waals surface area contributed by atoms with Crippen LogP contribution in [0.1, 0.15) is 28.4 Å². The first kappa shape index (κ1) is 16.1. The number of hydrogen-bond donors (Lipinski definition) is 1. The number of benzene rings is 1. The van der Waals surface area contributed by atoms with Crippen LogP contribution in [0.3, 0.4) is 0 Å². The molecule has 0 bridgehead atoms. The molecule has 1 N–H and O–H groups in total. The number of thioether (sulfide) groups is 1. The zero-order valence-corrected chi connectivity index (χ0v) is 14.4. The number of aromatic nitrogens is 2. The van der Waals surface area contributed by atoms with Crippen LogP contribution < -0.4 is 5.56 Å². The summed E-state index contributed by atoms with van der Waals surface area (Å²) in [6.45, 7) is 5.73. The Kier molecular flexibility index (Phi) is 4.25. The normalized spacial score (nSPS) is 12.7. The number of halogens is 2. The summed E-state index contributed by atoms with van der Waals surface area (Å²) in [5, 5.41) is 0.431. The molecule has 1 aromatic carbocycles. The molecule has 0 saturated carbocycles. The summed E-state index contributed by atoms with van der Waals surface area (Å²) < 4.78 is 26.3. The van der Waals surface area contributed by atoms with E-state index in [1.54, 1.807) is 0 Å². The van der Waals surface area contributed by atoms with Gasteiger partial charge in [-0.3, -0.25) is 4.79 Å². The fourth-order valence-corrected chi connectivity index (χ4v) is 4.26. The van der Waals surface area contributed by atoms with Crippen LogP contribution in [0.4, 0.5) is 8.78 Å². The Morgan fingerprint density at radius 3 is 2.70 bits per heavy atom. The first-order chi connectivity index (χ1) is 10.9. The van der Waals surface area contributed by atoms with E-state index in [0.717, 1.165) is 22.6 Å². The van der Waals surface area contributed by atoms with Gasteiger partial charge in [0.15, 0.2) is 11.6 Å². The quantitative estimate of drug-likeness (QED) is 0.693. The van der Waals surface area contributed by atoms with Crippen molar-refractivity contribution >= 4 is 33.3 Å². The lowest BCUT2D eigenvalue weighted by molar-refractivity contribution is 0.506. The largest absolute Gasteiger partial charge is 0.309 e. The van der Waals surface area contributed by atoms with Gasteiger partial charge in [0.1, 0.15) is 10.7 Å². The second-order valence-corrected chi connectivity index (χ2v) is 7.87. The predicted octanol–water partition coefficient (Wildman–Crippen LogP) is 4.73. The molecule has 0 aliphatic rings. The van der Waals surface area contributed by atoms with Gasteiger partial charge < -0.3 is 4.98 Å². The average molecular weight is 352 g/mol. The molecule has 0 unspecified atom stereocenters. The summed E-state index contributed by atoms with van der Waals surface area (Å²) in [5.74, 6) is -1.23. The minimum atomic E-state index is -0.886. The molecule has 2 heterocycles. The molecular weight excluding hydrogens is 338 g/mol. The topological polar surface area (TPSA) is 45.8 Å². The molecular formula is C16H14F2N2OS2. The Morgan fingerprint density at radius 2 is 2.00 bits per heavy atom. The van der Waals surface area contributed by atoms with Crippen LogP contribution in [0, 0.1) is 25.5 Å². The molecule has 0 radical (unpaired) electrons. The molecule has 120 valence electrons. The smallest absolute Gasteiger partial charge is 0.259 e. The van der Waals surface area contributed by atoms with Crippen LogP contribution in [-0.4, -0.2) is 9.97 Å². The Labute approximate surface area is 139 Å². The van der Waals surface area contributed by atoms with Crippen LogP contribution in [-0.2, 0) is 0 Å². The number of thiophene rings is 1. The summed E-state index contributed by atoms with van der Waals surface area (Å²) in [5.41, 5.74) is 0.788. The number of rotatable bonds is 3. The monoisotopic (exact) mass is 352 g/mol. The van der Waals surface area contributed by atoms with E-state index in [1.807, 2.05) is 20.8 Å². The van der Waals surface area contributed by atoms with Crippen LogP contribution in [0.25, 0.3) is 10.2 Å². The lowest BCUT2D eigenvalue weighted by Crippen LogP contribution is -2.12. The predicted molar refractivity (Wildman–Crippen MR) is 90.3 cm³/mol. The molecule has 3 nitrogen and oxygen atoms in total. The molecule has 0 spiro atoms. The Hall–Kier alpha value is -1.73. The van der Waals surface area contributed by atoms with Gasteiger partial charge in [0.05, 0.1) is 10.6 Å². The van der Waals surface area contributed by atoms with E-state index in [1.165, 1.54) is 29.2 Å². The highest BCUT2D eigenvalue weighted by Gasteiger charge is 2.16. The van der Waals surface area contributed by atoms with Crippen molar-refractivity contribution in [2.75, 3.05) is 0 Å². The van der Waals surface area contributed by atoms with Gasteiger partial charge in [-0.1, -0.05) is 0 Å². The maximum atomic E-state index is 13.3. The van der Waals surface area contributed by atoms with Crippen molar-refractivity contribution in [2.24, 2.45) is 0 Å². The summed E-state index contributed by atoms with van der Waals surface area (Å²) in [7, 11) is 0. The maximum Gasteiger partial charge on any atom is 0.259 e. The van der Waals surface area contributed by atoms with Gasteiger partial charge in [-0.15, -0.1) is 23.1 Å². The first-order valence-electron chi connectivity index (χ1n) is 6.98. The Balaban J connectivity index is 1.96. The maximum absolute atomic E-state index is 13.3. The molecule has 0 saturated heterocycles. The number of H-pyrrole nitrogens is 1. The molecule has 7 heteroatoms. The Bertz CT molecular complexity index is 949. The molecule has 3 rings (SSSR count). The third kappa shape index (κ3) is 3.03. The lowest BCUT2D eigenvalue weighted by Gasteiger charge is -2.10. The second-order valence-electron chi connectivity index (χ2n) is 5.25. The van der Waals surface area contributed by atoms with Gasteiger partial charge in [0.2, 0.25) is 0 Å². The summed E-state index contributed by atoms with van der Waals surface area (Å²) in [4.78, 5) is 22.0. The molecule has 0 fully saturated rings. The van der Waals surface area contributed by atoms with Crippen molar-refractivity contribution in [3.8, 4) is 0 Å². The van der Waals surface area contributed by atoms with E-state index >= 15 is 0 Å². The number of nitrogens with one attached hydrogen (secondary N) is 1. The standard InChI is InChI=1S/C16H14F2N2OS2/c1-7-8(2)23-16-13(7)15(21)19-14(20-16)9(3)22-10-4-5-11(17)12(18)6-10/h4-6,9H,1-3H3,(H,19,20,21)/t9-/m0/s1. The molecule has 3 aromatic rings. The third-order valence-electron chi connectivity index (χ3n) is 3.65. The lowest BCUT2D eigenvalue weighted by atomic mass is 10.2. The van der Waals surface area contributed by atoms with Crippen molar-refractivity contribution in [1.29, 1.82) is 0 Å². The molecule has 0 aliphatic carbocycles. The highest BCUT2D eigenvalue weighted by Crippen LogP contribution is 2.34. The average Bonchev–Trinajstić information content (AvgIpc) is 2.78. The highest BCUT2D eigenvalue weighted by atomic mass is 32.2. The molecule has 2 aromatic heterocycles. The fourth-order valence-electron chi connectivity index (χ4n) is 2.27. The van der Waals surface area contributed by atoms with Gasteiger partial charge in [-0.25, -0.2) is 13.8 Å². The van der Waals surface area contributed by atoms with Gasteiger partial charge in [-0.2, -0.15) is 0 Å². The van der Waals surface area contributed by atoms with Crippen molar-refractivity contribution in [3.05, 3.63) is 56.5 Å². The van der Waals surface area contributed by atoms with E-state index in [2.05, 4.69) is 9.97 Å². The zero-order valence-electron chi connectivity index (χ0n) is 12.7. The minimum Gasteiger partial charge on any atom is -0.309 e. The highest BCUT2D eigenvalue weighted by molar-refractivity contribution is 7.99. The summed E-state index contributed by atoms with van der Waals surface area (Å²) in [6.07, 6.45) is 0. The number of hydrogen-bond acceptors (Lipinski definition) is 4. The van der Waals surface area contributed by atoms with E-state index in [9.17, 15) is 13.6 Å². The zero-order chi connectivity index (χ0) is 16.7. The molecule has 1 atom stereocenters. The van der Waals surface area contributed by atoms with E-state index in [-0.39, 0.29) is 10.8 Å². The molecule has 0 aliphatic heterocycles. The minimum absolute atomic E-state index is 0.162. The van der Waals surface area contributed by atoms with Crippen LogP contribution in [0.5, 0.6) is 0 Å². The van der Waals surface area contributed by atoms with Gasteiger partial charge in [-0.05, 0) is 44.5 Å². The number of nitrogens with zero attached hydrogens (tertiary/aromatic N) is 1.